The van der Waals surface area contributed by atoms with E-state index >= 15 is 0 Å². The van der Waals surface area contributed by atoms with Crippen molar-refractivity contribution in [2.75, 3.05) is 19.3 Å². The molecule has 9 heteroatoms. The van der Waals surface area contributed by atoms with Crippen LogP contribution in [0.5, 0.6) is 0 Å². The summed E-state index contributed by atoms with van der Waals surface area (Å²) in [6.45, 7) is 5.29. The number of aryl methyl sites for hydroxylation is 1. The average molecular weight is 398 g/mol. The summed E-state index contributed by atoms with van der Waals surface area (Å²) >= 11 is 0. The van der Waals surface area contributed by atoms with Crippen molar-refractivity contribution in [1.82, 2.24) is 19.4 Å². The molecule has 1 aromatic carbocycles. The van der Waals surface area contributed by atoms with E-state index < -0.39 is 21.7 Å². The number of sulfonamides is 1. The second kappa shape index (κ2) is 7.65. The van der Waals surface area contributed by atoms with Crippen molar-refractivity contribution in [3.63, 3.8) is 0 Å². The van der Waals surface area contributed by atoms with Gasteiger partial charge in [-0.3, -0.25) is 0 Å². The third-order valence-electron chi connectivity index (χ3n) is 5.07. The van der Waals surface area contributed by atoms with E-state index in [9.17, 15) is 17.2 Å². The molecule has 1 saturated heterocycles. The number of piperidine rings is 1. The first-order valence-corrected chi connectivity index (χ1v) is 10.7. The van der Waals surface area contributed by atoms with Crippen LogP contribution in [0, 0.1) is 25.5 Å². The van der Waals surface area contributed by atoms with Crippen molar-refractivity contribution in [3.8, 4) is 5.69 Å². The fraction of sp³-hybridized carbons (Fsp3) is 0.500. The van der Waals surface area contributed by atoms with Crippen molar-refractivity contribution < 1.29 is 17.2 Å². The lowest BCUT2D eigenvalue weighted by molar-refractivity contribution is 0.290. The lowest BCUT2D eigenvalue weighted by Gasteiger charge is -2.30. The summed E-state index contributed by atoms with van der Waals surface area (Å²) in [7, 11) is -3.13. The Morgan fingerprint density at radius 3 is 2.48 bits per heavy atom. The summed E-state index contributed by atoms with van der Waals surface area (Å²) < 4.78 is 53.4. The van der Waals surface area contributed by atoms with Gasteiger partial charge in [0.25, 0.3) is 0 Å². The van der Waals surface area contributed by atoms with E-state index in [2.05, 4.69) is 10.4 Å². The first kappa shape index (κ1) is 19.9. The van der Waals surface area contributed by atoms with Crippen LogP contribution in [0.1, 0.15) is 29.8 Å². The Hall–Kier alpha value is -1.84. The standard InChI is InChI=1S/C18H24F2N4O2S/c1-12-16(11-21-15-6-8-23(9-7-15)27(3,25)26)13(2)24(22-12)18-5-4-14(19)10-17(18)20/h4-5,10,15,21H,6-9,11H2,1-3H3. The minimum Gasteiger partial charge on any atom is -0.310 e. The van der Waals surface area contributed by atoms with Gasteiger partial charge >= 0.3 is 0 Å². The highest BCUT2D eigenvalue weighted by Crippen LogP contribution is 2.21. The lowest BCUT2D eigenvalue weighted by atomic mass is 10.1. The normalized spacial score (nSPS) is 16.8. The Bertz CT molecular complexity index is 935. The van der Waals surface area contributed by atoms with Crippen molar-refractivity contribution in [2.24, 2.45) is 0 Å². The molecule has 1 aromatic heterocycles. The monoisotopic (exact) mass is 398 g/mol. The Kier molecular flexibility index (Phi) is 5.64. The summed E-state index contributed by atoms with van der Waals surface area (Å²) in [5.74, 6) is -1.28. The predicted molar refractivity (Wildman–Crippen MR) is 99.2 cm³/mol. The highest BCUT2D eigenvalue weighted by Gasteiger charge is 2.25. The molecule has 2 heterocycles. The molecular formula is C18H24F2N4O2S. The first-order chi connectivity index (χ1) is 12.7. The maximum atomic E-state index is 14.1. The number of nitrogens with zero attached hydrogens (tertiary/aromatic N) is 3. The molecule has 6 nitrogen and oxygen atoms in total. The number of benzene rings is 1. The SMILES string of the molecule is Cc1nn(-c2ccc(F)cc2F)c(C)c1CNC1CCN(S(C)(=O)=O)CC1. The smallest absolute Gasteiger partial charge is 0.211 e. The summed E-state index contributed by atoms with van der Waals surface area (Å²) in [5, 5.41) is 7.86. The van der Waals surface area contributed by atoms with E-state index in [1.54, 1.807) is 0 Å². The second-order valence-corrected chi connectivity index (χ2v) is 8.96. The Morgan fingerprint density at radius 1 is 1.22 bits per heavy atom. The molecule has 0 aliphatic carbocycles. The quantitative estimate of drug-likeness (QED) is 0.839. The van der Waals surface area contributed by atoms with E-state index in [4.69, 9.17) is 0 Å². The van der Waals surface area contributed by atoms with Crippen LogP contribution >= 0.6 is 0 Å². The van der Waals surface area contributed by atoms with Gasteiger partial charge in [-0.15, -0.1) is 0 Å². The molecule has 0 bridgehead atoms. The zero-order valence-electron chi connectivity index (χ0n) is 15.7. The Labute approximate surface area is 158 Å². The van der Waals surface area contributed by atoms with Crippen LogP contribution < -0.4 is 5.32 Å². The third-order valence-corrected chi connectivity index (χ3v) is 6.37. The molecule has 148 valence electrons. The molecule has 2 aromatic rings. The molecule has 0 amide bonds. The number of hydrogen-bond donors (Lipinski definition) is 1. The topological polar surface area (TPSA) is 67.2 Å². The van der Waals surface area contributed by atoms with Crippen molar-refractivity contribution in [3.05, 3.63) is 46.8 Å². The molecular weight excluding hydrogens is 374 g/mol. The summed E-state index contributed by atoms with van der Waals surface area (Å²) in [6.07, 6.45) is 2.72. The summed E-state index contributed by atoms with van der Waals surface area (Å²) in [4.78, 5) is 0. The van der Waals surface area contributed by atoms with E-state index in [1.807, 2.05) is 13.8 Å². The zero-order chi connectivity index (χ0) is 19.8. The van der Waals surface area contributed by atoms with Crippen LogP contribution in [0.15, 0.2) is 18.2 Å². The largest absolute Gasteiger partial charge is 0.310 e. The number of hydrogen-bond acceptors (Lipinski definition) is 4. The molecule has 1 aliphatic rings. The number of rotatable bonds is 5. The number of aromatic nitrogens is 2. The zero-order valence-corrected chi connectivity index (χ0v) is 16.5. The maximum Gasteiger partial charge on any atom is 0.211 e. The average Bonchev–Trinajstić information content (AvgIpc) is 2.87. The van der Waals surface area contributed by atoms with E-state index in [0.717, 1.165) is 35.9 Å². The fourth-order valence-electron chi connectivity index (χ4n) is 3.46. The van der Waals surface area contributed by atoms with Gasteiger partial charge in [0, 0.05) is 43.0 Å². The number of nitrogens with one attached hydrogen (secondary N) is 1. The molecule has 0 atom stereocenters. The summed E-state index contributed by atoms with van der Waals surface area (Å²) in [6, 6.07) is 3.65. The first-order valence-electron chi connectivity index (χ1n) is 8.86. The van der Waals surface area contributed by atoms with Gasteiger partial charge < -0.3 is 5.32 Å². The minimum atomic E-state index is -3.13. The molecule has 1 fully saturated rings. The van der Waals surface area contributed by atoms with Gasteiger partial charge in [-0.1, -0.05) is 0 Å². The molecule has 0 unspecified atom stereocenters. The highest BCUT2D eigenvalue weighted by atomic mass is 32.2. The van der Waals surface area contributed by atoms with Gasteiger partial charge in [-0.2, -0.15) is 5.10 Å². The van der Waals surface area contributed by atoms with Crippen LogP contribution in [-0.4, -0.2) is 47.9 Å². The molecule has 0 spiro atoms. The third kappa shape index (κ3) is 4.36. The van der Waals surface area contributed by atoms with Crippen LogP contribution in [-0.2, 0) is 16.6 Å². The van der Waals surface area contributed by atoms with Crippen LogP contribution in [0.4, 0.5) is 8.78 Å². The maximum absolute atomic E-state index is 14.1. The van der Waals surface area contributed by atoms with E-state index in [1.165, 1.54) is 27.4 Å². The minimum absolute atomic E-state index is 0.213. The number of halogens is 2. The van der Waals surface area contributed by atoms with E-state index in [0.29, 0.717) is 19.6 Å². The van der Waals surface area contributed by atoms with Crippen LogP contribution in [0.2, 0.25) is 0 Å². The fourth-order valence-corrected chi connectivity index (χ4v) is 4.33. The summed E-state index contributed by atoms with van der Waals surface area (Å²) in [5.41, 5.74) is 2.74. The molecule has 0 radical (unpaired) electrons. The van der Waals surface area contributed by atoms with Gasteiger partial charge in [0.05, 0.1) is 11.9 Å². The lowest BCUT2D eigenvalue weighted by Crippen LogP contribution is -2.44. The molecule has 1 N–H and O–H groups in total. The van der Waals surface area contributed by atoms with Gasteiger partial charge in [0.2, 0.25) is 10.0 Å². The van der Waals surface area contributed by atoms with Crippen LogP contribution in [0.3, 0.4) is 0 Å². The second-order valence-electron chi connectivity index (χ2n) is 6.97. The predicted octanol–water partition coefficient (Wildman–Crippen LogP) is 2.28. The molecule has 3 rings (SSSR count). The molecule has 0 saturated carbocycles. The van der Waals surface area contributed by atoms with Crippen molar-refractivity contribution in [1.29, 1.82) is 0 Å². The van der Waals surface area contributed by atoms with Gasteiger partial charge in [0.15, 0.2) is 5.82 Å². The molecule has 1 aliphatic heterocycles. The van der Waals surface area contributed by atoms with Gasteiger partial charge in [-0.25, -0.2) is 26.2 Å². The highest BCUT2D eigenvalue weighted by molar-refractivity contribution is 7.88. The van der Waals surface area contributed by atoms with Gasteiger partial charge in [-0.05, 0) is 38.8 Å². The van der Waals surface area contributed by atoms with Crippen LogP contribution in [0.25, 0.3) is 5.69 Å². The van der Waals surface area contributed by atoms with Crippen molar-refractivity contribution in [2.45, 2.75) is 39.3 Å². The molecule has 27 heavy (non-hydrogen) atoms. The van der Waals surface area contributed by atoms with Crippen molar-refractivity contribution >= 4 is 10.0 Å². The van der Waals surface area contributed by atoms with Gasteiger partial charge in [0.1, 0.15) is 11.5 Å². The Morgan fingerprint density at radius 2 is 1.89 bits per heavy atom. The van der Waals surface area contributed by atoms with E-state index in [-0.39, 0.29) is 11.7 Å². The Balaban J connectivity index is 1.69.